The van der Waals surface area contributed by atoms with Crippen LogP contribution in [0.4, 0.5) is 5.69 Å². The van der Waals surface area contributed by atoms with Gasteiger partial charge in [0.2, 0.25) is 0 Å². The van der Waals surface area contributed by atoms with Gasteiger partial charge in [-0.05, 0) is 42.5 Å². The van der Waals surface area contributed by atoms with Gasteiger partial charge in [-0.2, -0.15) is 0 Å². The molecule has 1 atom stereocenters. The summed E-state index contributed by atoms with van der Waals surface area (Å²) in [6.45, 7) is 2.02. The average Bonchev–Trinajstić information content (AvgIpc) is 2.51. The van der Waals surface area contributed by atoms with E-state index in [4.69, 9.17) is 11.6 Å². The first kappa shape index (κ1) is 14.9. The van der Waals surface area contributed by atoms with Crippen molar-refractivity contribution < 1.29 is 4.79 Å². The lowest BCUT2D eigenvalue weighted by molar-refractivity contribution is -0.115. The molecule has 0 fully saturated rings. The first-order valence-corrected chi connectivity index (χ1v) is 7.81. The number of rotatable bonds is 3. The molecule has 112 valence electrons. The normalized spacial score (nSPS) is 18.0. The molecule has 2 nitrogen and oxygen atoms in total. The number of halogens is 1. The van der Waals surface area contributed by atoms with Crippen LogP contribution in [0.15, 0.2) is 60.3 Å². The van der Waals surface area contributed by atoms with Crippen LogP contribution in [-0.2, 0) is 4.79 Å². The summed E-state index contributed by atoms with van der Waals surface area (Å²) in [5.41, 5.74) is 4.12. The first-order chi connectivity index (χ1) is 10.6. The summed E-state index contributed by atoms with van der Waals surface area (Å²) in [5.74, 6) is 0.385. The molecule has 0 aliphatic heterocycles. The highest BCUT2D eigenvalue weighted by Crippen LogP contribution is 2.33. The van der Waals surface area contributed by atoms with Crippen molar-refractivity contribution in [1.82, 2.24) is 0 Å². The molecule has 0 unspecified atom stereocenters. The summed E-state index contributed by atoms with van der Waals surface area (Å²) in [4.78, 5) is 12.0. The van der Waals surface area contributed by atoms with E-state index < -0.39 is 0 Å². The van der Waals surface area contributed by atoms with E-state index in [2.05, 4.69) is 17.4 Å². The highest BCUT2D eigenvalue weighted by molar-refractivity contribution is 6.33. The predicted molar refractivity (Wildman–Crippen MR) is 91.3 cm³/mol. The topological polar surface area (TPSA) is 29.1 Å². The molecule has 0 aromatic heterocycles. The Balaban J connectivity index is 1.82. The number of benzene rings is 2. The van der Waals surface area contributed by atoms with Crippen molar-refractivity contribution in [2.45, 2.75) is 25.7 Å². The molecule has 3 rings (SSSR count). The summed E-state index contributed by atoms with van der Waals surface area (Å²) in [5, 5.41) is 4.00. The first-order valence-electron chi connectivity index (χ1n) is 7.43. The lowest BCUT2D eigenvalue weighted by Crippen LogP contribution is -2.16. The molecule has 3 heteroatoms. The Labute approximate surface area is 135 Å². The summed E-state index contributed by atoms with van der Waals surface area (Å²) in [7, 11) is 0. The largest absolute Gasteiger partial charge is 0.358 e. The Morgan fingerprint density at radius 2 is 1.86 bits per heavy atom. The maximum atomic E-state index is 12.0. The van der Waals surface area contributed by atoms with Gasteiger partial charge in [0.15, 0.2) is 5.78 Å². The van der Waals surface area contributed by atoms with E-state index in [1.807, 2.05) is 43.3 Å². The SMILES string of the molecule is Cc1ccc(Cl)c(NC2=CC(=O)C[C@@H](c3ccccc3)C2)c1. The van der Waals surface area contributed by atoms with Gasteiger partial charge in [0.1, 0.15) is 0 Å². The molecular weight excluding hydrogens is 294 g/mol. The third kappa shape index (κ3) is 3.40. The maximum Gasteiger partial charge on any atom is 0.158 e. The van der Waals surface area contributed by atoms with Gasteiger partial charge >= 0.3 is 0 Å². The van der Waals surface area contributed by atoms with Crippen molar-refractivity contribution in [1.29, 1.82) is 0 Å². The molecule has 0 amide bonds. The summed E-state index contributed by atoms with van der Waals surface area (Å²) < 4.78 is 0. The second-order valence-corrected chi connectivity index (χ2v) is 6.17. The minimum Gasteiger partial charge on any atom is -0.358 e. The van der Waals surface area contributed by atoms with Crippen LogP contribution in [0.2, 0.25) is 5.02 Å². The third-order valence-corrected chi connectivity index (χ3v) is 4.27. The molecule has 1 aliphatic carbocycles. The molecule has 0 bridgehead atoms. The number of ketones is 1. The van der Waals surface area contributed by atoms with Crippen molar-refractivity contribution in [2.24, 2.45) is 0 Å². The molecule has 1 aliphatic rings. The van der Waals surface area contributed by atoms with Gasteiger partial charge in [0.25, 0.3) is 0 Å². The van der Waals surface area contributed by atoms with E-state index in [0.717, 1.165) is 23.4 Å². The average molecular weight is 312 g/mol. The standard InChI is InChI=1S/C19H18ClNO/c1-13-7-8-18(20)19(9-13)21-16-10-15(11-17(22)12-16)14-5-3-2-4-6-14/h2-9,12,15,21H,10-11H2,1H3/t15-/m0/s1. The minimum atomic E-state index is 0.159. The van der Waals surface area contributed by atoms with Crippen LogP contribution in [0.5, 0.6) is 0 Å². The molecule has 0 saturated heterocycles. The Kier molecular flexibility index (Phi) is 4.30. The lowest BCUT2D eigenvalue weighted by Gasteiger charge is -2.24. The summed E-state index contributed by atoms with van der Waals surface area (Å²) in [6, 6.07) is 16.0. The quantitative estimate of drug-likeness (QED) is 0.855. The monoisotopic (exact) mass is 311 g/mol. The molecule has 2 aromatic rings. The molecular formula is C19H18ClNO. The Morgan fingerprint density at radius 1 is 1.09 bits per heavy atom. The zero-order valence-electron chi connectivity index (χ0n) is 12.5. The zero-order chi connectivity index (χ0) is 15.5. The fourth-order valence-corrected chi connectivity index (χ4v) is 3.01. The van der Waals surface area contributed by atoms with Crippen LogP contribution in [0.25, 0.3) is 0 Å². The van der Waals surface area contributed by atoms with Gasteiger partial charge in [-0.15, -0.1) is 0 Å². The fourth-order valence-electron chi connectivity index (χ4n) is 2.85. The minimum absolute atomic E-state index is 0.159. The molecule has 0 spiro atoms. The fraction of sp³-hybridized carbons (Fsp3) is 0.211. The zero-order valence-corrected chi connectivity index (χ0v) is 13.2. The van der Waals surface area contributed by atoms with Gasteiger partial charge in [-0.25, -0.2) is 0 Å². The molecule has 22 heavy (non-hydrogen) atoms. The van der Waals surface area contributed by atoms with Gasteiger partial charge < -0.3 is 5.32 Å². The van der Waals surface area contributed by atoms with Crippen LogP contribution < -0.4 is 5.32 Å². The molecule has 2 aromatic carbocycles. The van der Waals surface area contributed by atoms with Crippen LogP contribution in [-0.4, -0.2) is 5.78 Å². The Morgan fingerprint density at radius 3 is 2.64 bits per heavy atom. The van der Waals surface area contributed by atoms with E-state index in [-0.39, 0.29) is 11.7 Å². The van der Waals surface area contributed by atoms with Gasteiger partial charge in [-0.1, -0.05) is 48.0 Å². The van der Waals surface area contributed by atoms with Crippen molar-refractivity contribution in [2.75, 3.05) is 5.32 Å². The predicted octanol–water partition coefficient (Wildman–Crippen LogP) is 5.09. The van der Waals surface area contributed by atoms with E-state index >= 15 is 0 Å². The number of allylic oxidation sites excluding steroid dienone is 2. The number of hydrogen-bond donors (Lipinski definition) is 1. The van der Waals surface area contributed by atoms with E-state index in [0.29, 0.717) is 11.4 Å². The molecule has 0 heterocycles. The second-order valence-electron chi connectivity index (χ2n) is 5.76. The smallest absolute Gasteiger partial charge is 0.158 e. The van der Waals surface area contributed by atoms with Gasteiger partial charge in [0, 0.05) is 18.2 Å². The highest BCUT2D eigenvalue weighted by atomic mass is 35.5. The van der Waals surface area contributed by atoms with Crippen LogP contribution in [0.3, 0.4) is 0 Å². The van der Waals surface area contributed by atoms with Crippen molar-refractivity contribution in [3.63, 3.8) is 0 Å². The van der Waals surface area contributed by atoms with Crippen LogP contribution >= 0.6 is 11.6 Å². The summed E-state index contributed by atoms with van der Waals surface area (Å²) >= 11 is 6.23. The molecule has 0 radical (unpaired) electrons. The van der Waals surface area contributed by atoms with E-state index in [1.165, 1.54) is 5.56 Å². The Bertz CT molecular complexity index is 721. The number of hydrogen-bond acceptors (Lipinski definition) is 2. The number of aryl methyl sites for hydroxylation is 1. The van der Waals surface area contributed by atoms with E-state index in [9.17, 15) is 4.79 Å². The van der Waals surface area contributed by atoms with Gasteiger partial charge in [0.05, 0.1) is 10.7 Å². The number of nitrogens with one attached hydrogen (secondary N) is 1. The molecule has 1 N–H and O–H groups in total. The number of carbonyl (C=O) groups is 1. The Hall–Kier alpha value is -2.06. The number of carbonyl (C=O) groups excluding carboxylic acids is 1. The maximum absolute atomic E-state index is 12.0. The van der Waals surface area contributed by atoms with Crippen LogP contribution in [0.1, 0.15) is 29.9 Å². The van der Waals surface area contributed by atoms with Gasteiger partial charge in [-0.3, -0.25) is 4.79 Å². The molecule has 0 saturated carbocycles. The van der Waals surface area contributed by atoms with Crippen molar-refractivity contribution >= 4 is 23.1 Å². The summed E-state index contributed by atoms with van der Waals surface area (Å²) in [6.07, 6.45) is 3.09. The second kappa shape index (κ2) is 6.37. The number of anilines is 1. The van der Waals surface area contributed by atoms with E-state index in [1.54, 1.807) is 6.08 Å². The third-order valence-electron chi connectivity index (χ3n) is 3.94. The highest BCUT2D eigenvalue weighted by Gasteiger charge is 2.22. The van der Waals surface area contributed by atoms with Crippen molar-refractivity contribution in [3.05, 3.63) is 76.5 Å². The van der Waals surface area contributed by atoms with Crippen molar-refractivity contribution in [3.8, 4) is 0 Å². The lowest BCUT2D eigenvalue weighted by atomic mass is 9.85. The van der Waals surface area contributed by atoms with Crippen LogP contribution in [0, 0.1) is 6.92 Å².